The first-order valence-electron chi connectivity index (χ1n) is 3.48. The van der Waals surface area contributed by atoms with Crippen LogP contribution in [0.25, 0.3) is 5.52 Å². The third-order valence-corrected chi connectivity index (χ3v) is 1.82. The van der Waals surface area contributed by atoms with E-state index in [4.69, 9.17) is 5.73 Å². The number of hydrogen-bond acceptors (Lipinski definition) is 2. The van der Waals surface area contributed by atoms with Gasteiger partial charge in [0.2, 0.25) is 0 Å². The molecule has 2 aromatic rings. The summed E-state index contributed by atoms with van der Waals surface area (Å²) in [7, 11) is 0. The topological polar surface area (TPSA) is 43.3 Å². The van der Waals surface area contributed by atoms with Crippen LogP contribution in [0.2, 0.25) is 0 Å². The zero-order chi connectivity index (χ0) is 7.84. The van der Waals surface area contributed by atoms with E-state index in [0.29, 0.717) is 5.82 Å². The van der Waals surface area contributed by atoms with Crippen molar-refractivity contribution in [1.29, 1.82) is 0 Å². The number of rotatable bonds is 0. The molecule has 0 fully saturated rings. The van der Waals surface area contributed by atoms with Crippen molar-refractivity contribution in [3.05, 3.63) is 30.0 Å². The van der Waals surface area contributed by atoms with Crippen molar-refractivity contribution in [2.45, 2.75) is 6.92 Å². The molecule has 0 unspecified atom stereocenters. The van der Waals surface area contributed by atoms with E-state index in [-0.39, 0.29) is 0 Å². The average Bonchev–Trinajstić information content (AvgIpc) is 2.30. The summed E-state index contributed by atoms with van der Waals surface area (Å²) in [6.07, 6.45) is 1.89. The van der Waals surface area contributed by atoms with E-state index in [0.717, 1.165) is 11.1 Å². The Morgan fingerprint density at radius 1 is 1.45 bits per heavy atom. The molecule has 2 aromatic heterocycles. The fourth-order valence-corrected chi connectivity index (χ4v) is 1.14. The van der Waals surface area contributed by atoms with Gasteiger partial charge in [-0.1, -0.05) is 6.07 Å². The highest BCUT2D eigenvalue weighted by molar-refractivity contribution is 5.62. The van der Waals surface area contributed by atoms with Gasteiger partial charge in [0.05, 0.1) is 5.52 Å². The van der Waals surface area contributed by atoms with Crippen molar-refractivity contribution >= 4 is 11.3 Å². The minimum Gasteiger partial charge on any atom is -0.382 e. The molecule has 0 atom stereocenters. The van der Waals surface area contributed by atoms with E-state index in [1.54, 1.807) is 4.52 Å². The average molecular weight is 147 g/mol. The molecule has 2 rings (SSSR count). The van der Waals surface area contributed by atoms with Gasteiger partial charge in [0.25, 0.3) is 0 Å². The van der Waals surface area contributed by atoms with E-state index in [9.17, 15) is 0 Å². The summed E-state index contributed by atoms with van der Waals surface area (Å²) in [5, 5.41) is 4.11. The molecule has 0 bridgehead atoms. The van der Waals surface area contributed by atoms with Gasteiger partial charge in [-0.05, 0) is 19.1 Å². The van der Waals surface area contributed by atoms with Gasteiger partial charge in [-0.15, -0.1) is 0 Å². The lowest BCUT2D eigenvalue weighted by Gasteiger charge is -1.89. The van der Waals surface area contributed by atoms with Gasteiger partial charge in [0.15, 0.2) is 0 Å². The highest BCUT2D eigenvalue weighted by Gasteiger charge is 2.02. The number of nitrogens with two attached hydrogens (primary N) is 1. The Bertz CT molecular complexity index is 389. The predicted molar refractivity (Wildman–Crippen MR) is 44.3 cm³/mol. The molecule has 0 aliphatic carbocycles. The van der Waals surface area contributed by atoms with Crippen LogP contribution in [0.1, 0.15) is 5.56 Å². The standard InChI is InChI=1S/C8H9N3/c1-6-7-4-2-3-5-11(7)10-8(6)9/h2-5H,1H3,(H2,9,10). The van der Waals surface area contributed by atoms with Gasteiger partial charge in [-0.2, -0.15) is 5.10 Å². The Morgan fingerprint density at radius 3 is 3.00 bits per heavy atom. The van der Waals surface area contributed by atoms with Crippen LogP contribution >= 0.6 is 0 Å². The molecule has 0 spiro atoms. The van der Waals surface area contributed by atoms with Crippen LogP contribution in [0, 0.1) is 6.92 Å². The maximum absolute atomic E-state index is 5.62. The second kappa shape index (κ2) is 1.99. The number of nitrogen functional groups attached to an aromatic ring is 1. The maximum Gasteiger partial charge on any atom is 0.149 e. The second-order valence-corrected chi connectivity index (χ2v) is 2.54. The Kier molecular flexibility index (Phi) is 1.12. The van der Waals surface area contributed by atoms with E-state index >= 15 is 0 Å². The molecule has 0 aliphatic rings. The predicted octanol–water partition coefficient (Wildman–Crippen LogP) is 1.22. The van der Waals surface area contributed by atoms with Crippen molar-refractivity contribution in [2.24, 2.45) is 0 Å². The fraction of sp³-hybridized carbons (Fsp3) is 0.125. The van der Waals surface area contributed by atoms with Crippen LogP contribution in [-0.4, -0.2) is 9.61 Å². The Balaban J connectivity index is 2.92. The van der Waals surface area contributed by atoms with Crippen LogP contribution < -0.4 is 5.73 Å². The Morgan fingerprint density at radius 2 is 2.27 bits per heavy atom. The van der Waals surface area contributed by atoms with E-state index in [2.05, 4.69) is 5.10 Å². The third kappa shape index (κ3) is 0.774. The molecule has 2 N–H and O–H groups in total. The maximum atomic E-state index is 5.62. The molecular formula is C8H9N3. The Hall–Kier alpha value is -1.51. The van der Waals surface area contributed by atoms with Gasteiger partial charge in [-0.25, -0.2) is 4.52 Å². The molecule has 2 heterocycles. The first-order valence-corrected chi connectivity index (χ1v) is 3.48. The molecule has 0 aliphatic heterocycles. The van der Waals surface area contributed by atoms with Gasteiger partial charge in [0, 0.05) is 11.8 Å². The van der Waals surface area contributed by atoms with Crippen molar-refractivity contribution in [1.82, 2.24) is 9.61 Å². The molecule has 11 heavy (non-hydrogen) atoms. The van der Waals surface area contributed by atoms with Gasteiger partial charge in [0.1, 0.15) is 5.82 Å². The zero-order valence-electron chi connectivity index (χ0n) is 6.28. The molecule has 3 nitrogen and oxygen atoms in total. The molecule has 3 heteroatoms. The van der Waals surface area contributed by atoms with E-state index < -0.39 is 0 Å². The highest BCUT2D eigenvalue weighted by atomic mass is 15.2. The third-order valence-electron chi connectivity index (χ3n) is 1.82. The number of nitrogens with zero attached hydrogens (tertiary/aromatic N) is 2. The molecule has 0 saturated heterocycles. The van der Waals surface area contributed by atoms with E-state index in [1.165, 1.54) is 0 Å². The normalized spacial score (nSPS) is 10.6. The number of aromatic nitrogens is 2. The van der Waals surface area contributed by atoms with Crippen molar-refractivity contribution < 1.29 is 0 Å². The lowest BCUT2D eigenvalue weighted by Crippen LogP contribution is -1.87. The largest absolute Gasteiger partial charge is 0.382 e. The summed E-state index contributed by atoms with van der Waals surface area (Å²) < 4.78 is 1.78. The van der Waals surface area contributed by atoms with Crippen molar-refractivity contribution in [3.63, 3.8) is 0 Å². The minimum atomic E-state index is 0.608. The zero-order valence-corrected chi connectivity index (χ0v) is 6.28. The SMILES string of the molecule is Cc1c(N)nn2ccccc12. The molecule has 0 saturated carbocycles. The lowest BCUT2D eigenvalue weighted by molar-refractivity contribution is 0.968. The lowest BCUT2D eigenvalue weighted by atomic mass is 10.3. The smallest absolute Gasteiger partial charge is 0.149 e. The minimum absolute atomic E-state index is 0.608. The second-order valence-electron chi connectivity index (χ2n) is 2.54. The highest BCUT2D eigenvalue weighted by Crippen LogP contribution is 2.14. The van der Waals surface area contributed by atoms with E-state index in [1.807, 2.05) is 31.3 Å². The summed E-state index contributed by atoms with van der Waals surface area (Å²) >= 11 is 0. The number of hydrogen-bond donors (Lipinski definition) is 1. The monoisotopic (exact) mass is 147 g/mol. The van der Waals surface area contributed by atoms with Gasteiger partial charge in [-0.3, -0.25) is 0 Å². The summed E-state index contributed by atoms with van der Waals surface area (Å²) in [6.45, 7) is 1.97. The molecular weight excluding hydrogens is 138 g/mol. The van der Waals surface area contributed by atoms with Gasteiger partial charge >= 0.3 is 0 Å². The number of pyridine rings is 1. The molecule has 0 amide bonds. The van der Waals surface area contributed by atoms with Crippen LogP contribution in [-0.2, 0) is 0 Å². The summed E-state index contributed by atoms with van der Waals surface area (Å²) in [5.74, 6) is 0.608. The van der Waals surface area contributed by atoms with Crippen molar-refractivity contribution in [3.8, 4) is 0 Å². The quantitative estimate of drug-likeness (QED) is 0.609. The van der Waals surface area contributed by atoms with Gasteiger partial charge < -0.3 is 5.73 Å². The summed E-state index contributed by atoms with van der Waals surface area (Å²) in [4.78, 5) is 0. The van der Waals surface area contributed by atoms with Crippen LogP contribution in [0.15, 0.2) is 24.4 Å². The fourth-order valence-electron chi connectivity index (χ4n) is 1.14. The molecule has 0 aromatic carbocycles. The van der Waals surface area contributed by atoms with Crippen LogP contribution in [0.3, 0.4) is 0 Å². The number of anilines is 1. The first-order chi connectivity index (χ1) is 5.29. The summed E-state index contributed by atoms with van der Waals surface area (Å²) in [6, 6.07) is 5.90. The summed E-state index contributed by atoms with van der Waals surface area (Å²) in [5.41, 5.74) is 7.74. The Labute approximate surface area is 64.4 Å². The molecule has 56 valence electrons. The first kappa shape index (κ1) is 6.22. The number of fused-ring (bicyclic) bond motifs is 1. The molecule has 0 radical (unpaired) electrons. The van der Waals surface area contributed by atoms with Crippen LogP contribution in [0.4, 0.5) is 5.82 Å². The number of aryl methyl sites for hydroxylation is 1. The van der Waals surface area contributed by atoms with Crippen LogP contribution in [0.5, 0.6) is 0 Å². The van der Waals surface area contributed by atoms with Crippen molar-refractivity contribution in [2.75, 3.05) is 5.73 Å².